The second-order valence-electron chi connectivity index (χ2n) is 4.92. The average Bonchev–Trinajstić information content (AvgIpc) is 2.56. The van der Waals surface area contributed by atoms with Crippen LogP contribution in [0.15, 0.2) is 42.5 Å². The maximum absolute atomic E-state index is 12.9. The molecule has 0 aliphatic rings. The first-order chi connectivity index (χ1) is 11.4. The number of amides is 1. The Hall–Kier alpha value is -3.00. The van der Waals surface area contributed by atoms with Crippen LogP contribution in [0.1, 0.15) is 22.0 Å². The number of hydrogen-bond donors (Lipinski definition) is 2. The summed E-state index contributed by atoms with van der Waals surface area (Å²) >= 11 is 0. The summed E-state index contributed by atoms with van der Waals surface area (Å²) in [4.78, 5) is 22.1. The number of para-hydroxylation sites is 1. The fourth-order valence-corrected chi connectivity index (χ4v) is 2.16. The molecule has 0 bridgehead atoms. The van der Waals surface area contributed by atoms with Crippen molar-refractivity contribution >= 4 is 11.6 Å². The first-order valence-corrected chi connectivity index (χ1v) is 6.97. The van der Waals surface area contributed by atoms with Crippen molar-refractivity contribution in [2.24, 2.45) is 0 Å². The van der Waals surface area contributed by atoms with Gasteiger partial charge in [-0.1, -0.05) is 18.2 Å². The van der Waals surface area contributed by atoms with Crippen LogP contribution in [-0.4, -0.2) is 29.6 Å². The fourth-order valence-electron chi connectivity index (χ4n) is 2.16. The molecule has 8 heteroatoms. The SMILES string of the molecule is CO[C@H](CNC(=O)c1cccc([N+](=O)[O-])c1O)c1ccc(F)cc1. The summed E-state index contributed by atoms with van der Waals surface area (Å²) in [6, 6.07) is 9.28. The molecule has 0 heterocycles. The van der Waals surface area contributed by atoms with E-state index in [0.717, 1.165) is 6.07 Å². The van der Waals surface area contributed by atoms with E-state index in [-0.39, 0.29) is 17.9 Å². The molecule has 0 aromatic heterocycles. The van der Waals surface area contributed by atoms with Gasteiger partial charge in [-0.2, -0.15) is 0 Å². The zero-order valence-electron chi connectivity index (χ0n) is 12.7. The van der Waals surface area contributed by atoms with E-state index in [1.165, 1.54) is 43.5 Å². The van der Waals surface area contributed by atoms with Gasteiger partial charge in [0.1, 0.15) is 5.82 Å². The van der Waals surface area contributed by atoms with Crippen LogP contribution in [0.25, 0.3) is 0 Å². The molecular weight excluding hydrogens is 319 g/mol. The topological polar surface area (TPSA) is 102 Å². The lowest BCUT2D eigenvalue weighted by molar-refractivity contribution is -0.385. The average molecular weight is 334 g/mol. The number of halogens is 1. The maximum Gasteiger partial charge on any atom is 0.311 e. The zero-order valence-corrected chi connectivity index (χ0v) is 12.7. The second-order valence-corrected chi connectivity index (χ2v) is 4.92. The summed E-state index contributed by atoms with van der Waals surface area (Å²) in [6.45, 7) is 0.0447. The molecule has 0 fully saturated rings. The van der Waals surface area contributed by atoms with Crippen LogP contribution in [-0.2, 0) is 4.74 Å². The Morgan fingerprint density at radius 1 is 1.33 bits per heavy atom. The molecule has 7 nitrogen and oxygen atoms in total. The van der Waals surface area contributed by atoms with Gasteiger partial charge >= 0.3 is 5.69 Å². The minimum absolute atomic E-state index is 0.0447. The Kier molecular flexibility index (Phi) is 5.43. The van der Waals surface area contributed by atoms with E-state index in [1.807, 2.05) is 0 Å². The largest absolute Gasteiger partial charge is 0.502 e. The first-order valence-electron chi connectivity index (χ1n) is 6.97. The van der Waals surface area contributed by atoms with Gasteiger partial charge in [-0.05, 0) is 23.8 Å². The number of hydrogen-bond acceptors (Lipinski definition) is 5. The third-order valence-corrected chi connectivity index (χ3v) is 3.43. The molecule has 126 valence electrons. The van der Waals surface area contributed by atoms with Gasteiger partial charge in [0, 0.05) is 19.7 Å². The highest BCUT2D eigenvalue weighted by Gasteiger charge is 2.21. The van der Waals surface area contributed by atoms with E-state index in [0.29, 0.717) is 5.56 Å². The van der Waals surface area contributed by atoms with Crippen LogP contribution >= 0.6 is 0 Å². The summed E-state index contributed by atoms with van der Waals surface area (Å²) in [5.74, 6) is -1.77. The van der Waals surface area contributed by atoms with Crippen LogP contribution in [0, 0.1) is 15.9 Å². The van der Waals surface area contributed by atoms with Gasteiger partial charge in [-0.15, -0.1) is 0 Å². The standard InChI is InChI=1S/C16H15FN2O5/c1-24-14(10-5-7-11(17)8-6-10)9-18-16(21)12-3-2-4-13(15(12)20)19(22)23/h2-8,14,20H,9H2,1H3,(H,18,21)/t14-/m1/s1. The molecule has 2 rings (SSSR count). The molecule has 0 unspecified atom stereocenters. The molecule has 24 heavy (non-hydrogen) atoms. The molecule has 1 amide bonds. The van der Waals surface area contributed by atoms with Crippen molar-refractivity contribution in [3.63, 3.8) is 0 Å². The number of carbonyl (C=O) groups excluding carboxylic acids is 1. The Labute approximate surface area is 136 Å². The zero-order chi connectivity index (χ0) is 17.7. The number of nitro benzene ring substituents is 1. The van der Waals surface area contributed by atoms with Crippen LogP contribution in [0.5, 0.6) is 5.75 Å². The highest BCUT2D eigenvalue weighted by molar-refractivity contribution is 5.98. The van der Waals surface area contributed by atoms with Crippen LogP contribution in [0.4, 0.5) is 10.1 Å². The molecule has 0 spiro atoms. The highest BCUT2D eigenvalue weighted by Crippen LogP contribution is 2.29. The molecule has 0 radical (unpaired) electrons. The van der Waals surface area contributed by atoms with E-state index >= 15 is 0 Å². The molecule has 0 aliphatic carbocycles. The van der Waals surface area contributed by atoms with E-state index < -0.39 is 28.4 Å². The fraction of sp³-hybridized carbons (Fsp3) is 0.188. The van der Waals surface area contributed by atoms with Crippen LogP contribution < -0.4 is 5.32 Å². The monoisotopic (exact) mass is 334 g/mol. The van der Waals surface area contributed by atoms with Gasteiger partial charge in [-0.3, -0.25) is 14.9 Å². The predicted octanol–water partition coefficient (Wildman–Crippen LogP) is 2.56. The molecule has 1 atom stereocenters. The molecule has 2 aromatic carbocycles. The molecule has 0 saturated heterocycles. The predicted molar refractivity (Wildman–Crippen MR) is 83.2 cm³/mol. The van der Waals surface area contributed by atoms with Crippen molar-refractivity contribution in [1.29, 1.82) is 0 Å². The van der Waals surface area contributed by atoms with E-state index in [4.69, 9.17) is 4.74 Å². The quantitative estimate of drug-likeness (QED) is 0.624. The Morgan fingerprint density at radius 2 is 2.00 bits per heavy atom. The number of phenols is 1. The third-order valence-electron chi connectivity index (χ3n) is 3.43. The van der Waals surface area contributed by atoms with Crippen LogP contribution in [0.3, 0.4) is 0 Å². The Bertz CT molecular complexity index is 749. The van der Waals surface area contributed by atoms with E-state index in [1.54, 1.807) is 0 Å². The molecule has 0 saturated carbocycles. The minimum atomic E-state index is -0.775. The molecular formula is C16H15FN2O5. The first kappa shape index (κ1) is 17.4. The number of phenolic OH excluding ortho intramolecular Hbond substituents is 1. The summed E-state index contributed by atoms with van der Waals surface area (Å²) in [5, 5.41) is 23.1. The second kappa shape index (κ2) is 7.51. The Balaban J connectivity index is 2.11. The van der Waals surface area contributed by atoms with Gasteiger partial charge in [0.15, 0.2) is 0 Å². The number of carbonyl (C=O) groups is 1. The Morgan fingerprint density at radius 3 is 2.58 bits per heavy atom. The van der Waals surface area contributed by atoms with E-state index in [2.05, 4.69) is 5.32 Å². The number of methoxy groups -OCH3 is 1. The molecule has 0 aliphatic heterocycles. The third kappa shape index (κ3) is 3.85. The van der Waals surface area contributed by atoms with Crippen molar-refractivity contribution < 1.29 is 24.0 Å². The summed E-state index contributed by atoms with van der Waals surface area (Å²) in [5.41, 5.74) is -0.106. The number of nitrogens with zero attached hydrogens (tertiary/aromatic N) is 1. The van der Waals surface area contributed by atoms with Gasteiger partial charge in [-0.25, -0.2) is 4.39 Å². The van der Waals surface area contributed by atoms with Crippen molar-refractivity contribution in [2.45, 2.75) is 6.10 Å². The highest BCUT2D eigenvalue weighted by atomic mass is 19.1. The minimum Gasteiger partial charge on any atom is -0.502 e. The summed E-state index contributed by atoms with van der Waals surface area (Å²) < 4.78 is 18.2. The molecule has 2 N–H and O–H groups in total. The number of aromatic hydroxyl groups is 1. The lowest BCUT2D eigenvalue weighted by atomic mass is 10.1. The van der Waals surface area contributed by atoms with Gasteiger partial charge < -0.3 is 15.2 Å². The van der Waals surface area contributed by atoms with Crippen molar-refractivity contribution in [1.82, 2.24) is 5.32 Å². The van der Waals surface area contributed by atoms with Crippen molar-refractivity contribution in [2.75, 3.05) is 13.7 Å². The van der Waals surface area contributed by atoms with Crippen LogP contribution in [0.2, 0.25) is 0 Å². The number of rotatable bonds is 6. The van der Waals surface area contributed by atoms with Gasteiger partial charge in [0.2, 0.25) is 5.75 Å². The maximum atomic E-state index is 12.9. The smallest absolute Gasteiger partial charge is 0.311 e. The number of ether oxygens (including phenoxy) is 1. The van der Waals surface area contributed by atoms with Gasteiger partial charge in [0.25, 0.3) is 5.91 Å². The lowest BCUT2D eigenvalue weighted by Gasteiger charge is -2.16. The molecule has 2 aromatic rings. The number of benzene rings is 2. The van der Waals surface area contributed by atoms with Crippen molar-refractivity contribution in [3.05, 3.63) is 69.5 Å². The lowest BCUT2D eigenvalue weighted by Crippen LogP contribution is -2.29. The number of nitrogens with one attached hydrogen (secondary N) is 1. The van der Waals surface area contributed by atoms with Gasteiger partial charge in [0.05, 0.1) is 16.6 Å². The normalized spacial score (nSPS) is 11.8. The number of nitro groups is 1. The summed E-state index contributed by atoms with van der Waals surface area (Å²) in [7, 11) is 1.44. The van der Waals surface area contributed by atoms with Crippen molar-refractivity contribution in [3.8, 4) is 5.75 Å². The van der Waals surface area contributed by atoms with E-state index in [9.17, 15) is 24.4 Å². The summed E-state index contributed by atoms with van der Waals surface area (Å²) in [6.07, 6.45) is -0.532.